The number of aromatic nitrogens is 2. The summed E-state index contributed by atoms with van der Waals surface area (Å²) in [5.74, 6) is 0.602. The fourth-order valence-corrected chi connectivity index (χ4v) is 3.12. The van der Waals surface area contributed by atoms with E-state index in [4.69, 9.17) is 5.73 Å². The standard InChI is InChI=1S/C18H22FN5O/c1-12-3-4-13(19)9-15(12)18(25)24-8-6-14(10-24)23(2)11-17-21-7-5-16(20)22-17/h3-5,7,9,14H,6,8,10-11H2,1-2H3,(H2,20,21,22)/t14-/m0/s1. The maximum absolute atomic E-state index is 13.5. The van der Waals surface area contributed by atoms with Crippen LogP contribution < -0.4 is 5.73 Å². The van der Waals surface area contributed by atoms with Crippen molar-refractivity contribution in [3.8, 4) is 0 Å². The average molecular weight is 343 g/mol. The number of hydrogen-bond acceptors (Lipinski definition) is 5. The maximum Gasteiger partial charge on any atom is 0.254 e. The van der Waals surface area contributed by atoms with Crippen molar-refractivity contribution in [1.82, 2.24) is 19.8 Å². The van der Waals surface area contributed by atoms with Gasteiger partial charge in [-0.2, -0.15) is 0 Å². The van der Waals surface area contributed by atoms with E-state index in [0.717, 1.165) is 12.0 Å². The van der Waals surface area contributed by atoms with Gasteiger partial charge in [0.25, 0.3) is 5.91 Å². The van der Waals surface area contributed by atoms with Gasteiger partial charge in [0.15, 0.2) is 0 Å². The zero-order valence-corrected chi connectivity index (χ0v) is 14.4. The van der Waals surface area contributed by atoms with Crippen molar-refractivity contribution in [1.29, 1.82) is 0 Å². The van der Waals surface area contributed by atoms with E-state index in [-0.39, 0.29) is 17.8 Å². The molecule has 0 saturated carbocycles. The van der Waals surface area contributed by atoms with Gasteiger partial charge in [0.2, 0.25) is 0 Å². The highest BCUT2D eigenvalue weighted by Gasteiger charge is 2.30. The van der Waals surface area contributed by atoms with Crippen LogP contribution in [0, 0.1) is 12.7 Å². The monoisotopic (exact) mass is 343 g/mol. The highest BCUT2D eigenvalue weighted by molar-refractivity contribution is 5.95. The average Bonchev–Trinajstić information content (AvgIpc) is 3.06. The molecule has 1 saturated heterocycles. The normalized spacial score (nSPS) is 17.3. The summed E-state index contributed by atoms with van der Waals surface area (Å²) >= 11 is 0. The molecule has 1 aliphatic rings. The fourth-order valence-electron chi connectivity index (χ4n) is 3.12. The molecule has 2 N–H and O–H groups in total. The largest absolute Gasteiger partial charge is 0.384 e. The quantitative estimate of drug-likeness (QED) is 0.917. The molecule has 132 valence electrons. The molecule has 0 spiro atoms. The van der Waals surface area contributed by atoms with Gasteiger partial charge in [0, 0.05) is 30.9 Å². The molecule has 0 bridgehead atoms. The lowest BCUT2D eigenvalue weighted by atomic mass is 10.1. The third-order valence-corrected chi connectivity index (χ3v) is 4.62. The second kappa shape index (κ2) is 7.14. The van der Waals surface area contributed by atoms with Crippen molar-refractivity contribution in [2.24, 2.45) is 0 Å². The molecule has 0 aliphatic carbocycles. The first-order valence-corrected chi connectivity index (χ1v) is 8.27. The summed E-state index contributed by atoms with van der Waals surface area (Å²) in [7, 11) is 1.98. The third-order valence-electron chi connectivity index (χ3n) is 4.62. The van der Waals surface area contributed by atoms with Crippen molar-refractivity contribution in [2.45, 2.75) is 25.9 Å². The van der Waals surface area contributed by atoms with Crippen LogP contribution in [0.2, 0.25) is 0 Å². The number of nitrogens with zero attached hydrogens (tertiary/aromatic N) is 4. The van der Waals surface area contributed by atoms with Crippen LogP contribution in [0.25, 0.3) is 0 Å². The lowest BCUT2D eigenvalue weighted by Crippen LogP contribution is -2.36. The smallest absolute Gasteiger partial charge is 0.254 e. The molecule has 6 nitrogen and oxygen atoms in total. The van der Waals surface area contributed by atoms with Crippen LogP contribution in [0.15, 0.2) is 30.5 Å². The van der Waals surface area contributed by atoms with Crippen molar-refractivity contribution in [2.75, 3.05) is 25.9 Å². The summed E-state index contributed by atoms with van der Waals surface area (Å²) in [6, 6.07) is 6.19. The number of nitrogens with two attached hydrogens (primary N) is 1. The molecule has 25 heavy (non-hydrogen) atoms. The van der Waals surface area contributed by atoms with Crippen LogP contribution in [0.3, 0.4) is 0 Å². The van der Waals surface area contributed by atoms with Gasteiger partial charge in [-0.25, -0.2) is 14.4 Å². The molecule has 2 heterocycles. The van der Waals surface area contributed by atoms with Crippen LogP contribution in [0.1, 0.15) is 28.2 Å². The van der Waals surface area contributed by atoms with Gasteiger partial charge in [0.1, 0.15) is 17.5 Å². The number of carbonyl (C=O) groups excluding carboxylic acids is 1. The SMILES string of the molecule is Cc1ccc(F)cc1C(=O)N1CC[C@H](N(C)Cc2nccc(N)n2)C1. The number of amides is 1. The first kappa shape index (κ1) is 17.3. The van der Waals surface area contributed by atoms with Gasteiger partial charge >= 0.3 is 0 Å². The summed E-state index contributed by atoms with van der Waals surface area (Å²) in [4.78, 5) is 25.0. The minimum atomic E-state index is -0.388. The highest BCUT2D eigenvalue weighted by atomic mass is 19.1. The van der Waals surface area contributed by atoms with Gasteiger partial charge in [-0.15, -0.1) is 0 Å². The van der Waals surface area contributed by atoms with Crippen molar-refractivity contribution < 1.29 is 9.18 Å². The molecule has 1 aliphatic heterocycles. The Morgan fingerprint density at radius 2 is 2.24 bits per heavy atom. The van der Waals surface area contributed by atoms with Gasteiger partial charge in [-0.1, -0.05) is 6.07 Å². The highest BCUT2D eigenvalue weighted by Crippen LogP contribution is 2.20. The topological polar surface area (TPSA) is 75.4 Å². The number of anilines is 1. The van der Waals surface area contributed by atoms with Crippen molar-refractivity contribution in [3.63, 3.8) is 0 Å². The Balaban J connectivity index is 1.64. The van der Waals surface area contributed by atoms with Crippen LogP contribution in [0.4, 0.5) is 10.2 Å². The van der Waals surface area contributed by atoms with Crippen molar-refractivity contribution in [3.05, 3.63) is 53.2 Å². The number of nitrogen functional groups attached to an aromatic ring is 1. The van der Waals surface area contributed by atoms with Gasteiger partial charge < -0.3 is 10.6 Å². The number of benzene rings is 1. The van der Waals surface area contributed by atoms with Gasteiger partial charge in [-0.3, -0.25) is 9.69 Å². The second-order valence-corrected chi connectivity index (χ2v) is 6.47. The lowest BCUT2D eigenvalue weighted by molar-refractivity contribution is 0.0778. The zero-order chi connectivity index (χ0) is 18.0. The molecule has 1 aromatic carbocycles. The van der Waals surface area contributed by atoms with E-state index in [1.54, 1.807) is 23.2 Å². The van der Waals surface area contributed by atoms with E-state index in [9.17, 15) is 9.18 Å². The number of carbonyl (C=O) groups is 1. The Morgan fingerprint density at radius 3 is 3.00 bits per heavy atom. The fraction of sp³-hybridized carbons (Fsp3) is 0.389. The van der Waals surface area contributed by atoms with E-state index in [2.05, 4.69) is 14.9 Å². The maximum atomic E-state index is 13.5. The Kier molecular flexibility index (Phi) is 4.94. The predicted octanol–water partition coefficient (Wildman–Crippen LogP) is 1.85. The number of aryl methyl sites for hydroxylation is 1. The molecule has 0 radical (unpaired) electrons. The van der Waals surface area contributed by atoms with E-state index < -0.39 is 0 Å². The number of likely N-dealkylation sites (N-methyl/N-ethyl adjacent to an activating group) is 1. The molecular weight excluding hydrogens is 321 g/mol. The lowest BCUT2D eigenvalue weighted by Gasteiger charge is -2.24. The summed E-state index contributed by atoms with van der Waals surface area (Å²) in [6.07, 6.45) is 2.50. The minimum Gasteiger partial charge on any atom is -0.384 e. The van der Waals surface area contributed by atoms with Gasteiger partial charge in [0.05, 0.1) is 6.54 Å². The Morgan fingerprint density at radius 1 is 1.44 bits per heavy atom. The van der Waals surface area contributed by atoms with Gasteiger partial charge in [-0.05, 0) is 44.2 Å². The number of hydrogen-bond donors (Lipinski definition) is 1. The first-order chi connectivity index (χ1) is 11.9. The Labute approximate surface area is 146 Å². The molecule has 2 aromatic rings. The number of rotatable bonds is 4. The Hall–Kier alpha value is -2.54. The van der Waals surface area contributed by atoms with E-state index >= 15 is 0 Å². The van der Waals surface area contributed by atoms with Crippen LogP contribution in [-0.4, -0.2) is 51.9 Å². The van der Waals surface area contributed by atoms with E-state index in [1.807, 2.05) is 14.0 Å². The third kappa shape index (κ3) is 3.93. The minimum absolute atomic E-state index is 0.117. The van der Waals surface area contributed by atoms with Crippen LogP contribution in [0.5, 0.6) is 0 Å². The summed E-state index contributed by atoms with van der Waals surface area (Å²) in [5.41, 5.74) is 6.91. The van der Waals surface area contributed by atoms with Crippen LogP contribution in [-0.2, 0) is 6.54 Å². The Bertz CT molecular complexity index is 782. The zero-order valence-electron chi connectivity index (χ0n) is 14.4. The van der Waals surface area contributed by atoms with Crippen molar-refractivity contribution >= 4 is 11.7 Å². The molecule has 7 heteroatoms. The second-order valence-electron chi connectivity index (χ2n) is 6.47. The summed E-state index contributed by atoms with van der Waals surface area (Å²) in [6.45, 7) is 3.65. The first-order valence-electron chi connectivity index (χ1n) is 8.27. The molecule has 3 rings (SSSR count). The van der Waals surface area contributed by atoms with E-state index in [0.29, 0.717) is 36.8 Å². The molecule has 1 atom stereocenters. The number of likely N-dealkylation sites (tertiary alicyclic amines) is 1. The number of halogens is 1. The van der Waals surface area contributed by atoms with Crippen LogP contribution >= 0.6 is 0 Å². The molecule has 1 aromatic heterocycles. The molecule has 1 fully saturated rings. The molecule has 1 amide bonds. The summed E-state index contributed by atoms with van der Waals surface area (Å²) in [5, 5.41) is 0. The summed E-state index contributed by atoms with van der Waals surface area (Å²) < 4.78 is 13.5. The van der Waals surface area contributed by atoms with E-state index in [1.165, 1.54) is 12.1 Å². The molecule has 0 unspecified atom stereocenters. The predicted molar refractivity (Wildman–Crippen MR) is 93.4 cm³/mol. The molecular formula is C18H22FN5O.